The van der Waals surface area contributed by atoms with E-state index in [0.29, 0.717) is 11.6 Å². The lowest BCUT2D eigenvalue weighted by atomic mass is 9.95. The Bertz CT molecular complexity index is 683. The molecule has 0 atom stereocenters. The second-order valence-corrected chi connectivity index (χ2v) is 5.85. The Morgan fingerprint density at radius 1 is 1.33 bits per heavy atom. The largest absolute Gasteiger partial charge is 0.373 e. The lowest BCUT2D eigenvalue weighted by molar-refractivity contribution is 0.0995. The van der Waals surface area contributed by atoms with Crippen LogP contribution in [-0.2, 0) is 5.41 Å². The molecule has 0 bridgehead atoms. The number of rotatable bonds is 3. The van der Waals surface area contributed by atoms with Crippen molar-refractivity contribution in [2.45, 2.75) is 33.1 Å². The van der Waals surface area contributed by atoms with Crippen molar-refractivity contribution in [3.63, 3.8) is 0 Å². The van der Waals surface area contributed by atoms with Crippen LogP contribution in [0.15, 0.2) is 12.3 Å². The van der Waals surface area contributed by atoms with Crippen molar-refractivity contribution in [3.05, 3.63) is 29.3 Å². The van der Waals surface area contributed by atoms with E-state index >= 15 is 0 Å². The normalized spacial score (nSPS) is 11.5. The second kappa shape index (κ2) is 5.16. The van der Waals surface area contributed by atoms with Crippen LogP contribution in [-0.4, -0.2) is 32.7 Å². The van der Waals surface area contributed by atoms with Crippen molar-refractivity contribution in [3.8, 4) is 5.82 Å². The van der Waals surface area contributed by atoms with E-state index in [0.717, 1.165) is 11.4 Å². The number of carbonyl (C=O) groups excluding carboxylic acids is 1. The van der Waals surface area contributed by atoms with E-state index in [9.17, 15) is 4.79 Å². The molecule has 2 rings (SSSR count). The summed E-state index contributed by atoms with van der Waals surface area (Å²) in [5.41, 5.74) is 6.09. The first kappa shape index (κ1) is 15.0. The first-order valence-electron chi connectivity index (χ1n) is 6.66. The van der Waals surface area contributed by atoms with Gasteiger partial charge >= 0.3 is 0 Å². The minimum Gasteiger partial charge on any atom is -0.373 e. The van der Waals surface area contributed by atoms with Crippen LogP contribution >= 0.6 is 0 Å². The van der Waals surface area contributed by atoms with Crippen LogP contribution in [0, 0.1) is 6.92 Å². The molecule has 2 aromatic heterocycles. The molecule has 1 amide bonds. The molecule has 112 valence electrons. The number of hydrogen-bond acceptors (Lipinski definition) is 5. The SMILES string of the molecule is CNc1nc(C(C)(C)C)nc(-n2ccc(C(N)=O)n2)c1C. The number of nitrogens with one attached hydrogen (secondary N) is 1. The van der Waals surface area contributed by atoms with Gasteiger partial charge in [-0.05, 0) is 13.0 Å². The molecule has 0 saturated heterocycles. The quantitative estimate of drug-likeness (QED) is 0.889. The van der Waals surface area contributed by atoms with Gasteiger partial charge in [0.25, 0.3) is 5.91 Å². The zero-order chi connectivity index (χ0) is 15.8. The Hall–Kier alpha value is -2.44. The van der Waals surface area contributed by atoms with Crippen LogP contribution in [0.4, 0.5) is 5.82 Å². The highest BCUT2D eigenvalue weighted by Gasteiger charge is 2.22. The number of carbonyl (C=O) groups is 1. The summed E-state index contributed by atoms with van der Waals surface area (Å²) in [5, 5.41) is 7.23. The summed E-state index contributed by atoms with van der Waals surface area (Å²) in [7, 11) is 1.81. The summed E-state index contributed by atoms with van der Waals surface area (Å²) >= 11 is 0. The highest BCUT2D eigenvalue weighted by molar-refractivity contribution is 5.90. The molecule has 21 heavy (non-hydrogen) atoms. The molecule has 7 heteroatoms. The molecule has 7 nitrogen and oxygen atoms in total. The molecule has 0 spiro atoms. The van der Waals surface area contributed by atoms with Gasteiger partial charge in [-0.3, -0.25) is 4.79 Å². The van der Waals surface area contributed by atoms with Crippen molar-refractivity contribution in [2.24, 2.45) is 5.73 Å². The zero-order valence-electron chi connectivity index (χ0n) is 12.9. The molecule has 0 unspecified atom stereocenters. The fraction of sp³-hybridized carbons (Fsp3) is 0.429. The summed E-state index contributed by atoms with van der Waals surface area (Å²) in [6, 6.07) is 1.57. The number of anilines is 1. The maximum Gasteiger partial charge on any atom is 0.269 e. The van der Waals surface area contributed by atoms with E-state index in [-0.39, 0.29) is 11.1 Å². The maximum atomic E-state index is 11.2. The van der Waals surface area contributed by atoms with E-state index in [1.165, 1.54) is 0 Å². The first-order chi connectivity index (χ1) is 9.74. The van der Waals surface area contributed by atoms with Crippen LogP contribution in [0.5, 0.6) is 0 Å². The van der Waals surface area contributed by atoms with Gasteiger partial charge in [-0.2, -0.15) is 5.10 Å². The highest BCUT2D eigenvalue weighted by atomic mass is 16.1. The van der Waals surface area contributed by atoms with Gasteiger partial charge in [-0.15, -0.1) is 0 Å². The molecule has 0 saturated carbocycles. The summed E-state index contributed by atoms with van der Waals surface area (Å²) in [4.78, 5) is 20.3. The van der Waals surface area contributed by atoms with Crippen molar-refractivity contribution >= 4 is 11.7 Å². The monoisotopic (exact) mass is 288 g/mol. The predicted octanol–water partition coefficient (Wildman–Crippen LogP) is 1.41. The Balaban J connectivity index is 2.63. The first-order valence-corrected chi connectivity index (χ1v) is 6.66. The molecular formula is C14H20N6O. The molecule has 2 heterocycles. The minimum absolute atomic E-state index is 0.201. The van der Waals surface area contributed by atoms with Gasteiger partial charge in [0.15, 0.2) is 5.82 Å². The summed E-state index contributed by atoms with van der Waals surface area (Å²) in [6.07, 6.45) is 1.67. The number of amides is 1. The fourth-order valence-corrected chi connectivity index (χ4v) is 1.88. The fourth-order valence-electron chi connectivity index (χ4n) is 1.88. The van der Waals surface area contributed by atoms with Crippen LogP contribution in [0.3, 0.4) is 0 Å². The molecular weight excluding hydrogens is 268 g/mol. The van der Waals surface area contributed by atoms with Gasteiger partial charge in [0.1, 0.15) is 17.3 Å². The Kier molecular flexibility index (Phi) is 3.67. The van der Waals surface area contributed by atoms with Gasteiger partial charge in [0.2, 0.25) is 0 Å². The molecule has 0 aliphatic rings. The number of hydrogen-bond donors (Lipinski definition) is 2. The Morgan fingerprint density at radius 3 is 2.48 bits per heavy atom. The van der Waals surface area contributed by atoms with Crippen LogP contribution in [0.1, 0.15) is 42.6 Å². The van der Waals surface area contributed by atoms with Crippen LogP contribution in [0.25, 0.3) is 5.82 Å². The topological polar surface area (TPSA) is 98.7 Å². The van der Waals surface area contributed by atoms with E-state index in [4.69, 9.17) is 5.73 Å². The molecule has 0 aliphatic carbocycles. The molecule has 3 N–H and O–H groups in total. The molecule has 0 aromatic carbocycles. The minimum atomic E-state index is -0.564. The Morgan fingerprint density at radius 2 is 2.00 bits per heavy atom. The van der Waals surface area contributed by atoms with Crippen LogP contribution in [0.2, 0.25) is 0 Å². The number of nitrogens with two attached hydrogens (primary N) is 1. The molecule has 2 aromatic rings. The van der Waals surface area contributed by atoms with Crippen molar-refractivity contribution in [1.29, 1.82) is 0 Å². The lowest BCUT2D eigenvalue weighted by Gasteiger charge is -2.20. The summed E-state index contributed by atoms with van der Waals surface area (Å²) in [5.74, 6) is 1.50. The van der Waals surface area contributed by atoms with E-state index in [1.807, 2.05) is 34.7 Å². The van der Waals surface area contributed by atoms with Gasteiger partial charge < -0.3 is 11.1 Å². The van der Waals surface area contributed by atoms with Gasteiger partial charge in [-0.25, -0.2) is 14.6 Å². The van der Waals surface area contributed by atoms with E-state index in [2.05, 4.69) is 20.4 Å². The van der Waals surface area contributed by atoms with E-state index in [1.54, 1.807) is 16.9 Å². The van der Waals surface area contributed by atoms with Gasteiger partial charge in [-0.1, -0.05) is 20.8 Å². The summed E-state index contributed by atoms with van der Waals surface area (Å²) < 4.78 is 1.55. The smallest absolute Gasteiger partial charge is 0.269 e. The second-order valence-electron chi connectivity index (χ2n) is 5.85. The number of nitrogens with zero attached hydrogens (tertiary/aromatic N) is 4. The van der Waals surface area contributed by atoms with E-state index < -0.39 is 5.91 Å². The number of aromatic nitrogens is 4. The standard InChI is InChI=1S/C14H20N6O/c1-8-11(16-5)17-13(14(2,3)4)18-12(8)20-7-6-9(19-20)10(15)21/h6-7H,1-5H3,(H2,15,21)(H,16,17,18). The molecule has 0 fully saturated rings. The third-order valence-corrected chi connectivity index (χ3v) is 3.09. The maximum absolute atomic E-state index is 11.2. The predicted molar refractivity (Wildman–Crippen MR) is 80.7 cm³/mol. The van der Waals surface area contributed by atoms with Crippen LogP contribution < -0.4 is 11.1 Å². The lowest BCUT2D eigenvalue weighted by Crippen LogP contribution is -2.20. The van der Waals surface area contributed by atoms with Crippen molar-refractivity contribution in [2.75, 3.05) is 12.4 Å². The van der Waals surface area contributed by atoms with Gasteiger partial charge in [0.05, 0.1) is 0 Å². The van der Waals surface area contributed by atoms with Crippen molar-refractivity contribution < 1.29 is 4.79 Å². The third kappa shape index (κ3) is 2.86. The molecule has 0 aliphatic heterocycles. The zero-order valence-corrected chi connectivity index (χ0v) is 12.9. The average molecular weight is 288 g/mol. The average Bonchev–Trinajstić information content (AvgIpc) is 2.87. The third-order valence-electron chi connectivity index (χ3n) is 3.09. The highest BCUT2D eigenvalue weighted by Crippen LogP contribution is 2.25. The number of primary amides is 1. The van der Waals surface area contributed by atoms with Gasteiger partial charge in [0, 0.05) is 24.2 Å². The summed E-state index contributed by atoms with van der Waals surface area (Å²) in [6.45, 7) is 8.02. The molecule has 0 radical (unpaired) electrons. The van der Waals surface area contributed by atoms with Crippen molar-refractivity contribution in [1.82, 2.24) is 19.7 Å². The Labute approximate surface area is 123 Å².